The Morgan fingerprint density at radius 2 is 2.00 bits per heavy atom. The predicted molar refractivity (Wildman–Crippen MR) is 114 cm³/mol. The number of carbonyl (C=O) groups excluding carboxylic acids is 1. The number of hydrogen-bond donors (Lipinski definition) is 0. The molecule has 3 heterocycles. The topological polar surface area (TPSA) is 56.6 Å². The summed E-state index contributed by atoms with van der Waals surface area (Å²) >= 11 is 0. The molecule has 1 aromatic heterocycles. The molecule has 2 atom stereocenters. The second kappa shape index (κ2) is 7.85. The van der Waals surface area contributed by atoms with Crippen molar-refractivity contribution in [3.8, 4) is 0 Å². The third kappa shape index (κ3) is 3.61. The Bertz CT molecular complexity index is 1050. The molecule has 2 saturated heterocycles. The molecule has 0 bridgehead atoms. The monoisotopic (exact) mass is 405 g/mol. The molecule has 2 aliphatic rings. The molecule has 2 fully saturated rings. The first kappa shape index (κ1) is 19.3. The van der Waals surface area contributed by atoms with Crippen LogP contribution in [0.1, 0.15) is 35.3 Å². The van der Waals surface area contributed by atoms with Crippen LogP contribution in [0.4, 0.5) is 0 Å². The van der Waals surface area contributed by atoms with Gasteiger partial charge in [-0.2, -0.15) is 5.10 Å². The number of amides is 1. The summed E-state index contributed by atoms with van der Waals surface area (Å²) in [4.78, 5) is 15.2. The summed E-state index contributed by atoms with van der Waals surface area (Å²) in [5.41, 5.74) is 2.36. The van der Waals surface area contributed by atoms with Gasteiger partial charge >= 0.3 is 0 Å². The molecule has 0 unspecified atom stereocenters. The summed E-state index contributed by atoms with van der Waals surface area (Å²) < 4.78 is 14.1. The van der Waals surface area contributed by atoms with Gasteiger partial charge in [-0.15, -0.1) is 0 Å². The molecule has 2 aromatic carbocycles. The van der Waals surface area contributed by atoms with E-state index in [1.165, 1.54) is 5.56 Å². The van der Waals surface area contributed by atoms with Crippen molar-refractivity contribution in [3.05, 3.63) is 65.9 Å². The van der Waals surface area contributed by atoms with E-state index >= 15 is 0 Å². The van der Waals surface area contributed by atoms with E-state index in [1.54, 1.807) is 4.68 Å². The molecule has 0 saturated carbocycles. The zero-order valence-electron chi connectivity index (χ0n) is 17.3. The fraction of sp³-hybridized carbons (Fsp3) is 0.417. The van der Waals surface area contributed by atoms with Crippen molar-refractivity contribution < 1.29 is 14.3 Å². The first-order valence-corrected chi connectivity index (χ1v) is 10.6. The highest BCUT2D eigenvalue weighted by Gasteiger charge is 2.45. The Kier molecular flexibility index (Phi) is 5.05. The number of carbonyl (C=O) groups is 1. The van der Waals surface area contributed by atoms with Crippen molar-refractivity contribution in [1.29, 1.82) is 0 Å². The first-order valence-electron chi connectivity index (χ1n) is 10.6. The number of fused-ring (bicyclic) bond motifs is 1. The molecule has 156 valence electrons. The van der Waals surface area contributed by atoms with Crippen molar-refractivity contribution >= 4 is 16.8 Å². The van der Waals surface area contributed by atoms with Gasteiger partial charge in [-0.05, 0) is 24.5 Å². The van der Waals surface area contributed by atoms with E-state index < -0.39 is 0 Å². The van der Waals surface area contributed by atoms with Gasteiger partial charge in [0.05, 0.1) is 37.0 Å². The van der Waals surface area contributed by atoms with Crippen molar-refractivity contribution in [2.75, 3.05) is 19.7 Å². The molecule has 3 aromatic rings. The lowest BCUT2D eigenvalue weighted by Crippen LogP contribution is -2.50. The smallest absolute Gasteiger partial charge is 0.275 e. The molecule has 6 heteroatoms. The van der Waals surface area contributed by atoms with Gasteiger partial charge in [0.15, 0.2) is 5.69 Å². The highest BCUT2D eigenvalue weighted by Crippen LogP contribution is 2.36. The summed E-state index contributed by atoms with van der Waals surface area (Å²) in [6.07, 6.45) is 2.79. The van der Waals surface area contributed by atoms with Crippen LogP contribution in [0.25, 0.3) is 10.9 Å². The van der Waals surface area contributed by atoms with Gasteiger partial charge in [-0.1, -0.05) is 48.5 Å². The maximum atomic E-state index is 13.3. The van der Waals surface area contributed by atoms with Crippen molar-refractivity contribution in [3.63, 3.8) is 0 Å². The molecule has 0 aliphatic carbocycles. The second-order valence-corrected chi connectivity index (χ2v) is 8.44. The van der Waals surface area contributed by atoms with Gasteiger partial charge in [-0.25, -0.2) is 0 Å². The highest BCUT2D eigenvalue weighted by atomic mass is 16.6. The van der Waals surface area contributed by atoms with Crippen LogP contribution in [0.2, 0.25) is 0 Å². The Labute approximate surface area is 176 Å². The van der Waals surface area contributed by atoms with Crippen LogP contribution in [0.15, 0.2) is 54.6 Å². The number of ether oxygens (including phenoxy) is 2. The average Bonchev–Trinajstić information content (AvgIpc) is 3.33. The minimum atomic E-state index is -0.306. The number of aromatic nitrogens is 2. The first-order chi connectivity index (χ1) is 14.6. The Hall–Kier alpha value is -2.70. The van der Waals surface area contributed by atoms with E-state index in [-0.39, 0.29) is 17.6 Å². The highest BCUT2D eigenvalue weighted by molar-refractivity contribution is 6.04. The fourth-order valence-corrected chi connectivity index (χ4v) is 4.78. The van der Waals surface area contributed by atoms with Crippen LogP contribution in [-0.2, 0) is 23.1 Å². The summed E-state index contributed by atoms with van der Waals surface area (Å²) in [7, 11) is 1.88. The quantitative estimate of drug-likeness (QED) is 0.666. The molecule has 30 heavy (non-hydrogen) atoms. The number of para-hydroxylation sites is 1. The van der Waals surface area contributed by atoms with E-state index in [0.717, 1.165) is 36.7 Å². The maximum absolute atomic E-state index is 13.3. The number of benzene rings is 2. The minimum absolute atomic E-state index is 0.0110. The van der Waals surface area contributed by atoms with Crippen LogP contribution in [0, 0.1) is 0 Å². The molecule has 0 N–H and O–H groups in total. The molecule has 5 rings (SSSR count). The van der Waals surface area contributed by atoms with Gasteiger partial charge in [0.2, 0.25) is 0 Å². The van der Waals surface area contributed by atoms with Gasteiger partial charge in [0, 0.05) is 25.4 Å². The summed E-state index contributed by atoms with van der Waals surface area (Å²) in [6, 6.07) is 18.1. The zero-order valence-corrected chi connectivity index (χ0v) is 17.3. The van der Waals surface area contributed by atoms with Gasteiger partial charge in [-0.3, -0.25) is 9.48 Å². The second-order valence-electron chi connectivity index (χ2n) is 8.44. The number of rotatable bonds is 4. The van der Waals surface area contributed by atoms with Crippen LogP contribution in [0.5, 0.6) is 0 Å². The van der Waals surface area contributed by atoms with Gasteiger partial charge in [0.25, 0.3) is 5.91 Å². The summed E-state index contributed by atoms with van der Waals surface area (Å²) in [5.74, 6) is -0.0110. The molecule has 6 nitrogen and oxygen atoms in total. The summed E-state index contributed by atoms with van der Waals surface area (Å²) in [6.45, 7) is 2.52. The number of aryl methyl sites for hydroxylation is 1. The number of likely N-dealkylation sites (tertiary alicyclic amines) is 1. The minimum Gasteiger partial charge on any atom is -0.371 e. The Morgan fingerprint density at radius 1 is 1.20 bits per heavy atom. The molecule has 1 spiro atoms. The van der Waals surface area contributed by atoms with Gasteiger partial charge < -0.3 is 14.4 Å². The standard InChI is InChI=1S/C24H27N3O3/c1-26-21-11-6-5-10-20(21)22(25-26)23(28)27-13-7-12-24(17-27)14-19(16-30-24)29-15-18-8-3-2-4-9-18/h2-6,8-11,19H,7,12-17H2,1H3/t19-,24-/m0/s1. The largest absolute Gasteiger partial charge is 0.371 e. The SMILES string of the molecule is Cn1nc(C(=O)N2CCC[C@]3(C[C@H](OCc4ccccc4)CO3)C2)c2ccccc21. The number of nitrogens with zero attached hydrogens (tertiary/aromatic N) is 3. The van der Waals surface area contributed by atoms with Crippen molar-refractivity contribution in [2.45, 2.75) is 37.6 Å². The lowest BCUT2D eigenvalue weighted by Gasteiger charge is -2.39. The van der Waals surface area contributed by atoms with E-state index in [0.29, 0.717) is 25.5 Å². The zero-order chi connectivity index (χ0) is 20.6. The number of piperidine rings is 1. The van der Waals surface area contributed by atoms with E-state index in [1.807, 2.05) is 54.4 Å². The molecular weight excluding hydrogens is 378 g/mol. The summed E-state index contributed by atoms with van der Waals surface area (Å²) in [5, 5.41) is 5.42. The Balaban J connectivity index is 1.27. The Morgan fingerprint density at radius 3 is 2.87 bits per heavy atom. The van der Waals surface area contributed by atoms with E-state index in [2.05, 4.69) is 17.2 Å². The van der Waals surface area contributed by atoms with E-state index in [9.17, 15) is 4.79 Å². The van der Waals surface area contributed by atoms with Crippen LogP contribution in [-0.4, -0.2) is 52.0 Å². The molecule has 0 radical (unpaired) electrons. The predicted octanol–water partition coefficient (Wildman–Crippen LogP) is 3.55. The van der Waals surface area contributed by atoms with Crippen LogP contribution < -0.4 is 0 Å². The lowest BCUT2D eigenvalue weighted by atomic mass is 9.89. The number of hydrogen-bond acceptors (Lipinski definition) is 4. The third-order valence-electron chi connectivity index (χ3n) is 6.29. The molecule has 1 amide bonds. The van der Waals surface area contributed by atoms with Crippen molar-refractivity contribution in [1.82, 2.24) is 14.7 Å². The molecule has 2 aliphatic heterocycles. The molecular formula is C24H27N3O3. The normalized spacial score (nSPS) is 24.0. The average molecular weight is 405 g/mol. The third-order valence-corrected chi connectivity index (χ3v) is 6.29. The lowest BCUT2D eigenvalue weighted by molar-refractivity contribution is -0.0467. The maximum Gasteiger partial charge on any atom is 0.275 e. The van der Waals surface area contributed by atoms with E-state index in [4.69, 9.17) is 9.47 Å². The van der Waals surface area contributed by atoms with Gasteiger partial charge in [0.1, 0.15) is 0 Å². The van der Waals surface area contributed by atoms with Crippen LogP contribution >= 0.6 is 0 Å². The van der Waals surface area contributed by atoms with Crippen LogP contribution in [0.3, 0.4) is 0 Å². The fourth-order valence-electron chi connectivity index (χ4n) is 4.78. The van der Waals surface area contributed by atoms with Crippen molar-refractivity contribution in [2.24, 2.45) is 7.05 Å².